The molecule has 0 saturated heterocycles. The van der Waals surface area contributed by atoms with Crippen LogP contribution in [0.15, 0.2) is 24.4 Å². The van der Waals surface area contributed by atoms with Crippen molar-refractivity contribution in [3.63, 3.8) is 0 Å². The summed E-state index contributed by atoms with van der Waals surface area (Å²) in [6.45, 7) is 6.70. The SMILES string of the molecule is CC(C)(C)c1nc(N)cc(NCc2cccnn2)n1. The standard InChI is InChI=1S/C13H18N6/c1-13(2,3)12-17-10(14)7-11(18-12)15-8-9-5-4-6-16-19-9/h4-7H,8H2,1-3H3,(H3,14,15,17,18). The van der Waals surface area contributed by atoms with Crippen molar-refractivity contribution >= 4 is 11.6 Å². The number of nitrogens with two attached hydrogens (primary N) is 1. The predicted molar refractivity (Wildman–Crippen MR) is 74.5 cm³/mol. The molecule has 0 atom stereocenters. The van der Waals surface area contributed by atoms with Gasteiger partial charge in [0.05, 0.1) is 12.2 Å². The van der Waals surface area contributed by atoms with E-state index in [0.717, 1.165) is 5.69 Å². The van der Waals surface area contributed by atoms with Gasteiger partial charge in [0.25, 0.3) is 0 Å². The highest BCUT2D eigenvalue weighted by atomic mass is 15.1. The molecular weight excluding hydrogens is 240 g/mol. The first-order chi connectivity index (χ1) is 8.95. The summed E-state index contributed by atoms with van der Waals surface area (Å²) < 4.78 is 0. The van der Waals surface area contributed by atoms with Crippen molar-refractivity contribution in [3.8, 4) is 0 Å². The lowest BCUT2D eigenvalue weighted by atomic mass is 9.96. The summed E-state index contributed by atoms with van der Waals surface area (Å²) in [7, 11) is 0. The Bertz CT molecular complexity index is 547. The second kappa shape index (κ2) is 5.17. The average molecular weight is 258 g/mol. The fourth-order valence-electron chi connectivity index (χ4n) is 1.50. The van der Waals surface area contributed by atoms with E-state index in [0.29, 0.717) is 24.0 Å². The van der Waals surface area contributed by atoms with Gasteiger partial charge in [0.15, 0.2) is 0 Å². The monoisotopic (exact) mass is 258 g/mol. The molecule has 0 fully saturated rings. The molecule has 6 nitrogen and oxygen atoms in total. The molecule has 100 valence electrons. The fourth-order valence-corrected chi connectivity index (χ4v) is 1.50. The highest BCUT2D eigenvalue weighted by Crippen LogP contribution is 2.21. The van der Waals surface area contributed by atoms with Gasteiger partial charge >= 0.3 is 0 Å². The number of nitrogens with zero attached hydrogens (tertiary/aromatic N) is 4. The second-order valence-electron chi connectivity index (χ2n) is 5.32. The Morgan fingerprint density at radius 2 is 2.05 bits per heavy atom. The molecule has 19 heavy (non-hydrogen) atoms. The van der Waals surface area contributed by atoms with E-state index in [4.69, 9.17) is 5.73 Å². The maximum atomic E-state index is 5.81. The van der Waals surface area contributed by atoms with Gasteiger partial charge < -0.3 is 11.1 Å². The zero-order chi connectivity index (χ0) is 13.9. The Balaban J connectivity index is 2.15. The fraction of sp³-hybridized carbons (Fsp3) is 0.385. The molecule has 0 aliphatic rings. The van der Waals surface area contributed by atoms with E-state index in [-0.39, 0.29) is 5.41 Å². The third-order valence-electron chi connectivity index (χ3n) is 2.49. The predicted octanol–water partition coefficient (Wildman–Crippen LogP) is 1.76. The molecule has 6 heteroatoms. The summed E-state index contributed by atoms with van der Waals surface area (Å²) in [5.41, 5.74) is 6.51. The van der Waals surface area contributed by atoms with Crippen LogP contribution in [0.25, 0.3) is 0 Å². The molecule has 3 N–H and O–H groups in total. The van der Waals surface area contributed by atoms with Crippen LogP contribution in [0.4, 0.5) is 11.6 Å². The van der Waals surface area contributed by atoms with Crippen LogP contribution in [-0.2, 0) is 12.0 Å². The van der Waals surface area contributed by atoms with E-state index < -0.39 is 0 Å². The normalized spacial score (nSPS) is 11.3. The van der Waals surface area contributed by atoms with Gasteiger partial charge in [-0.1, -0.05) is 20.8 Å². The van der Waals surface area contributed by atoms with Gasteiger partial charge in [-0.3, -0.25) is 0 Å². The summed E-state index contributed by atoms with van der Waals surface area (Å²) in [4.78, 5) is 8.73. The Hall–Kier alpha value is -2.24. The molecule has 2 aromatic heterocycles. The molecule has 0 amide bonds. The minimum Gasteiger partial charge on any atom is -0.384 e. The number of aromatic nitrogens is 4. The van der Waals surface area contributed by atoms with Gasteiger partial charge in [0.2, 0.25) is 0 Å². The Kier molecular flexibility index (Phi) is 3.59. The zero-order valence-electron chi connectivity index (χ0n) is 11.4. The average Bonchev–Trinajstić information content (AvgIpc) is 2.36. The van der Waals surface area contributed by atoms with E-state index in [1.807, 2.05) is 32.9 Å². The smallest absolute Gasteiger partial charge is 0.138 e. The number of nitrogens with one attached hydrogen (secondary N) is 1. The van der Waals surface area contributed by atoms with Gasteiger partial charge in [0, 0.05) is 17.7 Å². The summed E-state index contributed by atoms with van der Waals surface area (Å²) in [5, 5.41) is 11.0. The third kappa shape index (κ3) is 3.61. The van der Waals surface area contributed by atoms with Crippen LogP contribution in [-0.4, -0.2) is 20.2 Å². The molecular formula is C13H18N6. The van der Waals surface area contributed by atoms with Gasteiger partial charge in [-0.05, 0) is 12.1 Å². The van der Waals surface area contributed by atoms with E-state index in [1.165, 1.54) is 0 Å². The molecule has 0 spiro atoms. The summed E-state index contributed by atoms with van der Waals surface area (Å²) >= 11 is 0. The first-order valence-corrected chi connectivity index (χ1v) is 6.10. The molecule has 0 radical (unpaired) electrons. The van der Waals surface area contributed by atoms with Crippen molar-refractivity contribution in [3.05, 3.63) is 35.9 Å². The van der Waals surface area contributed by atoms with Gasteiger partial charge in [-0.15, -0.1) is 0 Å². The summed E-state index contributed by atoms with van der Waals surface area (Å²) in [5.74, 6) is 1.87. The topological polar surface area (TPSA) is 89.6 Å². The van der Waals surface area contributed by atoms with Crippen LogP contribution in [0.5, 0.6) is 0 Å². The van der Waals surface area contributed by atoms with Crippen LogP contribution >= 0.6 is 0 Å². The minimum absolute atomic E-state index is 0.141. The molecule has 2 rings (SSSR count). The Labute approximate surface area is 112 Å². The molecule has 0 aromatic carbocycles. The molecule has 0 saturated carbocycles. The highest BCUT2D eigenvalue weighted by molar-refractivity contribution is 5.45. The lowest BCUT2D eigenvalue weighted by Crippen LogP contribution is -2.18. The van der Waals surface area contributed by atoms with Crippen LogP contribution < -0.4 is 11.1 Å². The van der Waals surface area contributed by atoms with Crippen LogP contribution in [0.1, 0.15) is 32.3 Å². The van der Waals surface area contributed by atoms with Crippen molar-refractivity contribution in [2.45, 2.75) is 32.7 Å². The van der Waals surface area contributed by atoms with Gasteiger partial charge in [-0.2, -0.15) is 10.2 Å². The van der Waals surface area contributed by atoms with E-state index in [9.17, 15) is 0 Å². The first kappa shape index (κ1) is 13.2. The maximum Gasteiger partial charge on any atom is 0.138 e. The molecule has 0 unspecified atom stereocenters. The van der Waals surface area contributed by atoms with E-state index >= 15 is 0 Å². The molecule has 0 aliphatic heterocycles. The Morgan fingerprint density at radius 3 is 2.68 bits per heavy atom. The van der Waals surface area contributed by atoms with E-state index in [2.05, 4.69) is 25.5 Å². The van der Waals surface area contributed by atoms with Crippen LogP contribution in [0.3, 0.4) is 0 Å². The number of hydrogen-bond acceptors (Lipinski definition) is 6. The second-order valence-corrected chi connectivity index (χ2v) is 5.32. The van der Waals surface area contributed by atoms with Crippen molar-refractivity contribution in [2.24, 2.45) is 0 Å². The van der Waals surface area contributed by atoms with Crippen LogP contribution in [0, 0.1) is 0 Å². The van der Waals surface area contributed by atoms with Crippen LogP contribution in [0.2, 0.25) is 0 Å². The van der Waals surface area contributed by atoms with Crippen molar-refractivity contribution < 1.29 is 0 Å². The molecule has 2 heterocycles. The van der Waals surface area contributed by atoms with Crippen molar-refractivity contribution in [1.82, 2.24) is 20.2 Å². The molecule has 0 aliphatic carbocycles. The zero-order valence-corrected chi connectivity index (χ0v) is 11.4. The number of rotatable bonds is 3. The Morgan fingerprint density at radius 1 is 1.26 bits per heavy atom. The van der Waals surface area contributed by atoms with Gasteiger partial charge in [0.1, 0.15) is 17.5 Å². The lowest BCUT2D eigenvalue weighted by Gasteiger charge is -2.18. The number of anilines is 2. The maximum absolute atomic E-state index is 5.81. The molecule has 2 aromatic rings. The van der Waals surface area contributed by atoms with Gasteiger partial charge in [-0.25, -0.2) is 9.97 Å². The third-order valence-corrected chi connectivity index (χ3v) is 2.49. The highest BCUT2D eigenvalue weighted by Gasteiger charge is 2.18. The largest absolute Gasteiger partial charge is 0.384 e. The first-order valence-electron chi connectivity index (χ1n) is 6.10. The molecule has 0 bridgehead atoms. The minimum atomic E-state index is -0.141. The van der Waals surface area contributed by atoms with Crippen molar-refractivity contribution in [1.29, 1.82) is 0 Å². The number of nitrogen functional groups attached to an aromatic ring is 1. The summed E-state index contributed by atoms with van der Waals surface area (Å²) in [6, 6.07) is 5.46. The van der Waals surface area contributed by atoms with E-state index in [1.54, 1.807) is 12.3 Å². The lowest BCUT2D eigenvalue weighted by molar-refractivity contribution is 0.547. The number of hydrogen-bond donors (Lipinski definition) is 2. The van der Waals surface area contributed by atoms with Crippen molar-refractivity contribution in [2.75, 3.05) is 11.1 Å². The quantitative estimate of drug-likeness (QED) is 0.872. The summed E-state index contributed by atoms with van der Waals surface area (Å²) in [6.07, 6.45) is 1.64.